The van der Waals surface area contributed by atoms with Crippen LogP contribution in [0, 0.1) is 11.8 Å². The van der Waals surface area contributed by atoms with Crippen molar-refractivity contribution in [2.24, 2.45) is 11.8 Å². The van der Waals surface area contributed by atoms with Crippen molar-refractivity contribution >= 4 is 0 Å². The van der Waals surface area contributed by atoms with Gasteiger partial charge in [-0.3, -0.25) is 0 Å². The van der Waals surface area contributed by atoms with Crippen molar-refractivity contribution in [3.63, 3.8) is 0 Å². The Bertz CT molecular complexity index is 96.6. The zero-order chi connectivity index (χ0) is 5.56. The topological polar surface area (TPSA) is 12.5 Å². The van der Waals surface area contributed by atoms with E-state index < -0.39 is 0 Å². The smallest absolute Gasteiger partial charge is 0.0840 e. The minimum absolute atomic E-state index is 0.694. The Balaban J connectivity index is 1.79. The first-order valence-corrected chi connectivity index (χ1v) is 3.53. The maximum atomic E-state index is 5.16. The third-order valence-electron chi connectivity index (χ3n) is 2.34. The molecule has 1 saturated carbocycles. The lowest BCUT2D eigenvalue weighted by molar-refractivity contribution is 0.377. The first kappa shape index (κ1) is 4.80. The van der Waals surface area contributed by atoms with Gasteiger partial charge in [0.1, 0.15) is 0 Å². The Morgan fingerprint density at radius 2 is 2.38 bits per heavy atom. The molecule has 46 valence electrons. The summed E-state index contributed by atoms with van der Waals surface area (Å²) in [6.07, 6.45) is 3.51. The van der Waals surface area contributed by atoms with Gasteiger partial charge in [0.05, 0.1) is 12.7 Å². The van der Waals surface area contributed by atoms with E-state index in [0.29, 0.717) is 6.10 Å². The van der Waals surface area contributed by atoms with E-state index in [1.165, 1.54) is 12.8 Å². The summed E-state index contributed by atoms with van der Waals surface area (Å²) in [7, 11) is 0. The first-order valence-electron chi connectivity index (χ1n) is 3.53. The molecule has 0 radical (unpaired) electrons. The second kappa shape index (κ2) is 1.47. The second-order valence-corrected chi connectivity index (χ2v) is 2.94. The van der Waals surface area contributed by atoms with Crippen molar-refractivity contribution < 1.29 is 4.74 Å². The number of hydrogen-bond acceptors (Lipinski definition) is 1. The summed E-state index contributed by atoms with van der Waals surface area (Å²) in [5, 5.41) is 0. The lowest BCUT2D eigenvalue weighted by Gasteiger charge is -1.85. The van der Waals surface area contributed by atoms with Gasteiger partial charge in [-0.1, -0.05) is 13.3 Å². The Morgan fingerprint density at radius 1 is 1.62 bits per heavy atom. The number of rotatable bonds is 2. The summed E-state index contributed by atoms with van der Waals surface area (Å²) < 4.78 is 5.16. The molecule has 1 nitrogen and oxygen atoms in total. The van der Waals surface area contributed by atoms with E-state index in [2.05, 4.69) is 6.92 Å². The van der Waals surface area contributed by atoms with Crippen LogP contribution in [0.3, 0.4) is 0 Å². The van der Waals surface area contributed by atoms with Crippen LogP contribution in [0.15, 0.2) is 0 Å². The highest BCUT2D eigenvalue weighted by Crippen LogP contribution is 2.48. The van der Waals surface area contributed by atoms with E-state index in [1.54, 1.807) is 0 Å². The molecular weight excluding hydrogens is 100 g/mol. The van der Waals surface area contributed by atoms with Gasteiger partial charge in [-0.15, -0.1) is 0 Å². The van der Waals surface area contributed by atoms with Crippen molar-refractivity contribution in [3.05, 3.63) is 0 Å². The SMILES string of the molecule is CCC1CC1C1CO1. The fraction of sp³-hybridized carbons (Fsp3) is 1.00. The molecule has 2 rings (SSSR count). The highest BCUT2D eigenvalue weighted by molar-refractivity contribution is 4.95. The third kappa shape index (κ3) is 0.655. The van der Waals surface area contributed by atoms with Gasteiger partial charge in [-0.2, -0.15) is 0 Å². The van der Waals surface area contributed by atoms with Crippen molar-refractivity contribution in [2.75, 3.05) is 6.61 Å². The molecule has 1 saturated heterocycles. The van der Waals surface area contributed by atoms with E-state index in [9.17, 15) is 0 Å². The van der Waals surface area contributed by atoms with Gasteiger partial charge in [-0.05, 0) is 18.3 Å². The molecule has 0 bridgehead atoms. The summed E-state index contributed by atoms with van der Waals surface area (Å²) >= 11 is 0. The maximum absolute atomic E-state index is 5.16. The largest absolute Gasteiger partial charge is 0.373 e. The molecule has 0 aromatic heterocycles. The van der Waals surface area contributed by atoms with E-state index in [0.717, 1.165) is 18.4 Å². The Kier molecular flexibility index (Phi) is 0.884. The number of hydrogen-bond donors (Lipinski definition) is 0. The van der Waals surface area contributed by atoms with Gasteiger partial charge in [0.25, 0.3) is 0 Å². The minimum atomic E-state index is 0.694. The zero-order valence-electron chi connectivity index (χ0n) is 5.26. The molecule has 1 heterocycles. The fourth-order valence-electron chi connectivity index (χ4n) is 1.50. The summed E-state index contributed by atoms with van der Waals surface area (Å²) in [5.74, 6) is 2.00. The Morgan fingerprint density at radius 3 is 2.75 bits per heavy atom. The molecule has 3 unspecified atom stereocenters. The van der Waals surface area contributed by atoms with Gasteiger partial charge in [-0.25, -0.2) is 0 Å². The van der Waals surface area contributed by atoms with Gasteiger partial charge < -0.3 is 4.74 Å². The van der Waals surface area contributed by atoms with Gasteiger partial charge in [0.15, 0.2) is 0 Å². The Labute approximate surface area is 50.0 Å². The van der Waals surface area contributed by atoms with Crippen LogP contribution in [-0.4, -0.2) is 12.7 Å². The maximum Gasteiger partial charge on any atom is 0.0840 e. The molecule has 3 atom stereocenters. The molecular formula is C7H12O. The van der Waals surface area contributed by atoms with E-state index >= 15 is 0 Å². The molecule has 0 spiro atoms. The number of epoxide rings is 1. The predicted molar refractivity (Wildman–Crippen MR) is 31.6 cm³/mol. The van der Waals surface area contributed by atoms with Crippen molar-refractivity contribution in [1.82, 2.24) is 0 Å². The monoisotopic (exact) mass is 112 g/mol. The van der Waals surface area contributed by atoms with Gasteiger partial charge in [0, 0.05) is 0 Å². The average Bonchev–Trinajstić information content (AvgIpc) is 2.62. The molecule has 1 aliphatic carbocycles. The summed E-state index contributed by atoms with van der Waals surface area (Å²) in [4.78, 5) is 0. The van der Waals surface area contributed by atoms with E-state index in [1.807, 2.05) is 0 Å². The molecule has 0 aromatic rings. The molecule has 8 heavy (non-hydrogen) atoms. The summed E-state index contributed by atoms with van der Waals surface area (Å²) in [5.41, 5.74) is 0. The van der Waals surface area contributed by atoms with Crippen molar-refractivity contribution in [1.29, 1.82) is 0 Å². The van der Waals surface area contributed by atoms with Crippen LogP contribution in [0.4, 0.5) is 0 Å². The van der Waals surface area contributed by atoms with E-state index in [4.69, 9.17) is 4.74 Å². The highest BCUT2D eigenvalue weighted by Gasteiger charge is 2.47. The summed E-state index contributed by atoms with van der Waals surface area (Å²) in [6.45, 7) is 3.33. The van der Waals surface area contributed by atoms with Crippen LogP contribution in [0.5, 0.6) is 0 Å². The quantitative estimate of drug-likeness (QED) is 0.492. The van der Waals surface area contributed by atoms with Crippen LogP contribution < -0.4 is 0 Å². The van der Waals surface area contributed by atoms with Gasteiger partial charge >= 0.3 is 0 Å². The molecule has 0 amide bonds. The summed E-state index contributed by atoms with van der Waals surface area (Å²) in [6, 6.07) is 0. The van der Waals surface area contributed by atoms with Crippen molar-refractivity contribution in [2.45, 2.75) is 25.9 Å². The lowest BCUT2D eigenvalue weighted by atomic mass is 10.2. The average molecular weight is 112 g/mol. The van der Waals surface area contributed by atoms with Crippen LogP contribution in [0.2, 0.25) is 0 Å². The molecule has 2 aliphatic rings. The molecule has 1 aliphatic heterocycles. The van der Waals surface area contributed by atoms with Crippen LogP contribution >= 0.6 is 0 Å². The second-order valence-electron chi connectivity index (χ2n) is 2.94. The fourth-order valence-corrected chi connectivity index (χ4v) is 1.50. The third-order valence-corrected chi connectivity index (χ3v) is 2.34. The first-order chi connectivity index (χ1) is 3.92. The lowest BCUT2D eigenvalue weighted by Crippen LogP contribution is -1.89. The minimum Gasteiger partial charge on any atom is -0.373 e. The predicted octanol–water partition coefficient (Wildman–Crippen LogP) is 1.43. The Hall–Kier alpha value is -0.0400. The molecule has 0 aromatic carbocycles. The standard InChI is InChI=1S/C7H12O/c1-2-5-3-6(5)7-4-8-7/h5-7H,2-4H2,1H3. The van der Waals surface area contributed by atoms with Crippen LogP contribution in [0.1, 0.15) is 19.8 Å². The normalized spacial score (nSPS) is 51.4. The zero-order valence-corrected chi connectivity index (χ0v) is 5.26. The highest BCUT2D eigenvalue weighted by atomic mass is 16.6. The molecule has 1 heteroatoms. The van der Waals surface area contributed by atoms with Crippen LogP contribution in [0.25, 0.3) is 0 Å². The molecule has 0 N–H and O–H groups in total. The van der Waals surface area contributed by atoms with E-state index in [-0.39, 0.29) is 0 Å². The number of ether oxygens (including phenoxy) is 1. The van der Waals surface area contributed by atoms with Crippen molar-refractivity contribution in [3.8, 4) is 0 Å². The van der Waals surface area contributed by atoms with Crippen LogP contribution in [-0.2, 0) is 4.74 Å². The molecule has 2 fully saturated rings. The van der Waals surface area contributed by atoms with Gasteiger partial charge in [0.2, 0.25) is 0 Å².